The summed E-state index contributed by atoms with van der Waals surface area (Å²) in [5, 5.41) is 16.9. The minimum absolute atomic E-state index is 0.0806. The lowest BCUT2D eigenvalue weighted by atomic mass is 9.89. The van der Waals surface area contributed by atoms with Gasteiger partial charge in [-0.2, -0.15) is 0 Å². The van der Waals surface area contributed by atoms with E-state index in [-0.39, 0.29) is 23.0 Å². The lowest BCUT2D eigenvalue weighted by Crippen LogP contribution is -2.80. The van der Waals surface area contributed by atoms with Gasteiger partial charge in [0.1, 0.15) is 24.2 Å². The second-order valence-electron chi connectivity index (χ2n) is 6.45. The number of aromatic nitrogens is 1. The highest BCUT2D eigenvalue weighted by Gasteiger charge is 2.71. The number of hydrogen-bond acceptors (Lipinski definition) is 11. The van der Waals surface area contributed by atoms with Gasteiger partial charge >= 0.3 is 11.9 Å². The standard InChI is InChI=1S/C15H15N5O7S2/c1-26-19-8(6-4-29-14(16)17-6)10(22)18-9-11(23)20-12(9)28-3-5-2-7(21)27-15(5,20)13(24)25/h4-5,9,12H,2-3H2,1H3,(H2,16,17)(H,18,22)(H,24,25)/b19-8-/t5?,9-,12?,15-/m1/s1. The van der Waals surface area contributed by atoms with Crippen molar-refractivity contribution in [3.05, 3.63) is 11.1 Å². The third-order valence-electron chi connectivity index (χ3n) is 4.86. The summed E-state index contributed by atoms with van der Waals surface area (Å²) in [5.74, 6) is -3.83. The van der Waals surface area contributed by atoms with Gasteiger partial charge in [-0.1, -0.05) is 5.16 Å². The van der Waals surface area contributed by atoms with Crippen LogP contribution in [-0.4, -0.2) is 74.5 Å². The molecule has 3 saturated heterocycles. The van der Waals surface area contributed by atoms with E-state index in [0.29, 0.717) is 5.75 Å². The van der Waals surface area contributed by atoms with Gasteiger partial charge in [-0.25, -0.2) is 9.78 Å². The van der Waals surface area contributed by atoms with Crippen LogP contribution in [0.4, 0.5) is 5.13 Å². The molecule has 0 radical (unpaired) electrons. The maximum atomic E-state index is 12.8. The Morgan fingerprint density at radius 2 is 2.28 bits per heavy atom. The van der Waals surface area contributed by atoms with Crippen LogP contribution in [0, 0.1) is 5.92 Å². The second-order valence-corrected chi connectivity index (χ2v) is 8.49. The monoisotopic (exact) mass is 441 g/mol. The van der Waals surface area contributed by atoms with Crippen LogP contribution >= 0.6 is 23.1 Å². The first kappa shape index (κ1) is 19.4. The predicted molar refractivity (Wildman–Crippen MR) is 99.7 cm³/mol. The molecule has 0 spiro atoms. The number of carboxylic acid groups (broad SMARTS) is 1. The maximum absolute atomic E-state index is 12.8. The number of carboxylic acids is 1. The number of nitrogen functional groups attached to an aromatic ring is 1. The zero-order chi connectivity index (χ0) is 20.9. The molecule has 29 heavy (non-hydrogen) atoms. The van der Waals surface area contributed by atoms with Crippen molar-refractivity contribution in [1.29, 1.82) is 0 Å². The van der Waals surface area contributed by atoms with Crippen LogP contribution in [0.2, 0.25) is 0 Å². The van der Waals surface area contributed by atoms with Crippen LogP contribution in [-0.2, 0) is 28.8 Å². The van der Waals surface area contributed by atoms with Gasteiger partial charge in [0, 0.05) is 17.1 Å². The fourth-order valence-electron chi connectivity index (χ4n) is 3.61. The van der Waals surface area contributed by atoms with Crippen LogP contribution in [0.1, 0.15) is 12.1 Å². The third kappa shape index (κ3) is 2.81. The lowest BCUT2D eigenvalue weighted by molar-refractivity contribution is -0.215. The Hall–Kier alpha value is -2.87. The molecule has 14 heteroatoms. The number of fused-ring (bicyclic) bond motifs is 3. The van der Waals surface area contributed by atoms with Gasteiger partial charge < -0.3 is 25.7 Å². The van der Waals surface area contributed by atoms with E-state index in [0.717, 1.165) is 16.2 Å². The first-order valence-electron chi connectivity index (χ1n) is 8.33. The van der Waals surface area contributed by atoms with Crippen LogP contribution < -0.4 is 11.1 Å². The molecule has 0 aromatic carbocycles. The van der Waals surface area contributed by atoms with Crippen molar-refractivity contribution < 1.29 is 33.9 Å². The summed E-state index contributed by atoms with van der Waals surface area (Å²) in [6, 6.07) is -1.01. The minimum Gasteiger partial charge on any atom is -0.477 e. The quantitative estimate of drug-likeness (QED) is 0.218. The zero-order valence-corrected chi connectivity index (χ0v) is 16.5. The van der Waals surface area contributed by atoms with E-state index in [1.807, 2.05) is 0 Å². The van der Waals surface area contributed by atoms with Crippen molar-refractivity contribution >= 4 is 57.7 Å². The highest BCUT2D eigenvalue weighted by Crippen LogP contribution is 2.51. The molecule has 12 nitrogen and oxygen atoms in total. The average Bonchev–Trinajstić information content (AvgIpc) is 3.25. The SMILES string of the molecule is CO/N=C(\C(=O)N[C@@H]1C(=O)N2C1SCC1CC(=O)O[C@@]12C(=O)O)c1csc(N)n1. The number of aliphatic carboxylic acids is 1. The molecular weight excluding hydrogens is 426 g/mol. The zero-order valence-electron chi connectivity index (χ0n) is 14.9. The second kappa shape index (κ2) is 6.88. The Bertz CT molecular complexity index is 949. The van der Waals surface area contributed by atoms with Gasteiger partial charge in [0.25, 0.3) is 17.5 Å². The Balaban J connectivity index is 1.56. The smallest absolute Gasteiger partial charge is 0.370 e. The van der Waals surface area contributed by atoms with Gasteiger partial charge in [0.15, 0.2) is 10.8 Å². The topological polar surface area (TPSA) is 174 Å². The summed E-state index contributed by atoms with van der Waals surface area (Å²) in [4.78, 5) is 58.8. The number of nitrogens with two attached hydrogens (primary N) is 1. The van der Waals surface area contributed by atoms with Gasteiger partial charge in [-0.15, -0.1) is 23.1 Å². The molecule has 4 N–H and O–H groups in total. The lowest BCUT2D eigenvalue weighted by Gasteiger charge is -2.56. The van der Waals surface area contributed by atoms with Gasteiger partial charge in [-0.05, 0) is 0 Å². The van der Waals surface area contributed by atoms with Crippen molar-refractivity contribution in [2.24, 2.45) is 11.1 Å². The number of β-lactam (4-membered cyclic amide) rings is 1. The Morgan fingerprint density at radius 3 is 2.90 bits per heavy atom. The van der Waals surface area contributed by atoms with E-state index in [4.69, 9.17) is 10.5 Å². The minimum atomic E-state index is -2.03. The molecule has 4 rings (SSSR count). The number of ether oxygens (including phenoxy) is 1. The largest absolute Gasteiger partial charge is 0.477 e. The van der Waals surface area contributed by atoms with E-state index in [1.54, 1.807) is 0 Å². The number of thioether (sulfide) groups is 1. The number of nitrogens with one attached hydrogen (secondary N) is 1. The summed E-state index contributed by atoms with van der Waals surface area (Å²) < 4.78 is 5.10. The first-order chi connectivity index (χ1) is 13.8. The molecule has 4 atom stereocenters. The number of rotatable bonds is 5. The molecule has 3 aliphatic heterocycles. The van der Waals surface area contributed by atoms with Crippen molar-refractivity contribution in [1.82, 2.24) is 15.2 Å². The molecule has 1 aromatic heterocycles. The Labute approximate surface area is 171 Å². The van der Waals surface area contributed by atoms with E-state index >= 15 is 0 Å². The van der Waals surface area contributed by atoms with Crippen LogP contribution in [0.3, 0.4) is 0 Å². The molecule has 2 unspecified atom stereocenters. The number of carbonyl (C=O) groups excluding carboxylic acids is 3. The number of anilines is 1. The van der Waals surface area contributed by atoms with Crippen molar-refractivity contribution in [3.63, 3.8) is 0 Å². The van der Waals surface area contributed by atoms with Crippen LogP contribution in [0.15, 0.2) is 10.5 Å². The Kier molecular flexibility index (Phi) is 4.61. The highest BCUT2D eigenvalue weighted by atomic mass is 32.2. The van der Waals surface area contributed by atoms with E-state index in [2.05, 4.69) is 20.3 Å². The molecule has 0 aliphatic carbocycles. The van der Waals surface area contributed by atoms with E-state index in [9.17, 15) is 24.3 Å². The number of amides is 2. The summed E-state index contributed by atoms with van der Waals surface area (Å²) in [6.07, 6.45) is -0.0806. The van der Waals surface area contributed by atoms with Crippen molar-refractivity contribution in [3.8, 4) is 0 Å². The summed E-state index contributed by atoms with van der Waals surface area (Å²) in [5.41, 5.74) is 3.56. The number of carbonyl (C=O) groups is 4. The number of esters is 1. The summed E-state index contributed by atoms with van der Waals surface area (Å²) in [7, 11) is 1.25. The molecule has 0 bridgehead atoms. The normalized spacial score (nSPS) is 30.7. The van der Waals surface area contributed by atoms with Crippen LogP contribution in [0.25, 0.3) is 0 Å². The van der Waals surface area contributed by atoms with Gasteiger partial charge in [-0.3, -0.25) is 19.3 Å². The van der Waals surface area contributed by atoms with E-state index < -0.39 is 46.8 Å². The van der Waals surface area contributed by atoms with E-state index in [1.165, 1.54) is 24.3 Å². The molecule has 0 saturated carbocycles. The van der Waals surface area contributed by atoms with Gasteiger partial charge in [0.05, 0.1) is 6.42 Å². The molecule has 154 valence electrons. The molecular formula is C15H15N5O7S2. The fraction of sp³-hybridized carbons (Fsp3) is 0.467. The third-order valence-corrected chi connectivity index (χ3v) is 6.95. The first-order valence-corrected chi connectivity index (χ1v) is 10.3. The number of nitrogens with zero attached hydrogens (tertiary/aromatic N) is 3. The predicted octanol–water partition coefficient (Wildman–Crippen LogP) is -1.18. The highest BCUT2D eigenvalue weighted by molar-refractivity contribution is 8.00. The average molecular weight is 441 g/mol. The fourth-order valence-corrected chi connectivity index (χ4v) is 5.72. The summed E-state index contributed by atoms with van der Waals surface area (Å²) in [6.45, 7) is 0. The van der Waals surface area contributed by atoms with Gasteiger partial charge in [0.2, 0.25) is 0 Å². The number of thiazole rings is 1. The molecule has 1 aromatic rings. The Morgan fingerprint density at radius 1 is 1.52 bits per heavy atom. The van der Waals surface area contributed by atoms with Crippen molar-refractivity contribution in [2.75, 3.05) is 18.6 Å². The molecule has 2 amide bonds. The molecule has 3 aliphatic rings. The summed E-state index contributed by atoms with van der Waals surface area (Å²) >= 11 is 2.38. The number of oxime groups is 1. The molecule has 3 fully saturated rings. The van der Waals surface area contributed by atoms with Crippen LogP contribution in [0.5, 0.6) is 0 Å². The maximum Gasteiger partial charge on any atom is 0.370 e. The molecule has 4 heterocycles. The van der Waals surface area contributed by atoms with Crippen molar-refractivity contribution in [2.45, 2.75) is 23.6 Å². The number of hydrogen-bond donors (Lipinski definition) is 3.